The minimum absolute atomic E-state index is 0.235. The van der Waals surface area contributed by atoms with Crippen molar-refractivity contribution < 1.29 is 9.53 Å². The zero-order valence-corrected chi connectivity index (χ0v) is 14.2. The molecule has 0 aliphatic heterocycles. The van der Waals surface area contributed by atoms with Crippen LogP contribution in [0.1, 0.15) is 11.1 Å². The number of anilines is 1. The van der Waals surface area contributed by atoms with Gasteiger partial charge in [0.25, 0.3) is 0 Å². The van der Waals surface area contributed by atoms with E-state index in [1.165, 1.54) is 5.56 Å². The van der Waals surface area contributed by atoms with Crippen LogP contribution < -0.4 is 15.4 Å². The Morgan fingerprint density at radius 2 is 1.95 bits per heavy atom. The molecule has 2 aromatic rings. The maximum absolute atomic E-state index is 11.8. The molecule has 0 saturated heterocycles. The lowest BCUT2D eigenvalue weighted by molar-refractivity contribution is 0.247. The lowest BCUT2D eigenvalue weighted by Gasteiger charge is -2.10. The Balaban J connectivity index is 1.72. The Morgan fingerprint density at radius 1 is 1.14 bits per heavy atom. The molecule has 116 valence electrons. The number of benzene rings is 2. The molecule has 0 bridgehead atoms. The molecule has 0 aliphatic rings. The number of rotatable bonds is 5. The third kappa shape index (κ3) is 5.07. The summed E-state index contributed by atoms with van der Waals surface area (Å²) in [5.74, 6) is 0.769. The van der Waals surface area contributed by atoms with Crippen molar-refractivity contribution in [2.75, 3.05) is 18.5 Å². The lowest BCUT2D eigenvalue weighted by Crippen LogP contribution is -2.32. The summed E-state index contributed by atoms with van der Waals surface area (Å²) in [5.41, 5.74) is 3.14. The van der Waals surface area contributed by atoms with Crippen LogP contribution in [0, 0.1) is 13.8 Å². The molecule has 0 radical (unpaired) electrons. The van der Waals surface area contributed by atoms with E-state index >= 15 is 0 Å². The summed E-state index contributed by atoms with van der Waals surface area (Å²) in [7, 11) is 0. The van der Waals surface area contributed by atoms with Crippen LogP contribution in [0.25, 0.3) is 0 Å². The number of ether oxygens (including phenoxy) is 1. The first-order valence-electron chi connectivity index (χ1n) is 7.05. The van der Waals surface area contributed by atoms with Gasteiger partial charge in [-0.15, -0.1) is 0 Å². The summed E-state index contributed by atoms with van der Waals surface area (Å²) >= 11 is 3.38. The number of nitrogens with one attached hydrogen (secondary N) is 2. The molecular formula is C17H19BrN2O2. The number of hydrogen-bond donors (Lipinski definition) is 2. The Kier molecular flexibility index (Phi) is 5.83. The van der Waals surface area contributed by atoms with Crippen molar-refractivity contribution in [1.82, 2.24) is 5.32 Å². The molecule has 0 saturated carbocycles. The van der Waals surface area contributed by atoms with E-state index in [1.54, 1.807) is 0 Å². The van der Waals surface area contributed by atoms with Crippen molar-refractivity contribution in [3.8, 4) is 5.75 Å². The van der Waals surface area contributed by atoms with E-state index < -0.39 is 0 Å². The fraction of sp³-hybridized carbons (Fsp3) is 0.235. The lowest BCUT2D eigenvalue weighted by atomic mass is 10.1. The van der Waals surface area contributed by atoms with E-state index in [9.17, 15) is 4.79 Å². The van der Waals surface area contributed by atoms with E-state index in [2.05, 4.69) is 26.6 Å². The topological polar surface area (TPSA) is 50.4 Å². The molecule has 5 heteroatoms. The van der Waals surface area contributed by atoms with Crippen LogP contribution >= 0.6 is 15.9 Å². The second-order valence-electron chi connectivity index (χ2n) is 4.99. The van der Waals surface area contributed by atoms with E-state index in [-0.39, 0.29) is 6.03 Å². The summed E-state index contributed by atoms with van der Waals surface area (Å²) in [6, 6.07) is 13.2. The monoisotopic (exact) mass is 362 g/mol. The Labute approximate surface area is 139 Å². The molecule has 0 unspecified atom stereocenters. The average molecular weight is 363 g/mol. The van der Waals surface area contributed by atoms with E-state index in [1.807, 2.05) is 56.3 Å². The summed E-state index contributed by atoms with van der Waals surface area (Å²) in [5, 5.41) is 5.57. The van der Waals surface area contributed by atoms with Gasteiger partial charge in [-0.25, -0.2) is 4.79 Å². The van der Waals surface area contributed by atoms with Gasteiger partial charge in [0.1, 0.15) is 12.4 Å². The zero-order chi connectivity index (χ0) is 15.9. The van der Waals surface area contributed by atoms with Crippen LogP contribution in [0.3, 0.4) is 0 Å². The largest absolute Gasteiger partial charge is 0.492 e. The molecule has 0 spiro atoms. The smallest absolute Gasteiger partial charge is 0.319 e. The fourth-order valence-corrected chi connectivity index (χ4v) is 2.26. The first-order chi connectivity index (χ1) is 10.5. The first-order valence-corrected chi connectivity index (χ1v) is 7.84. The average Bonchev–Trinajstić information content (AvgIpc) is 2.48. The van der Waals surface area contributed by atoms with Gasteiger partial charge in [0.15, 0.2) is 0 Å². The molecule has 2 amide bonds. The predicted molar refractivity (Wildman–Crippen MR) is 92.6 cm³/mol. The van der Waals surface area contributed by atoms with Crippen LogP contribution in [0.4, 0.5) is 10.5 Å². The van der Waals surface area contributed by atoms with Crippen LogP contribution in [0.5, 0.6) is 5.75 Å². The van der Waals surface area contributed by atoms with Gasteiger partial charge in [-0.3, -0.25) is 0 Å². The van der Waals surface area contributed by atoms with Crippen LogP contribution in [-0.2, 0) is 0 Å². The van der Waals surface area contributed by atoms with Gasteiger partial charge >= 0.3 is 6.03 Å². The summed E-state index contributed by atoms with van der Waals surface area (Å²) in [6.07, 6.45) is 0. The molecule has 22 heavy (non-hydrogen) atoms. The number of carbonyl (C=O) groups excluding carboxylic acids is 1. The molecule has 0 heterocycles. The molecule has 0 fully saturated rings. The second-order valence-corrected chi connectivity index (χ2v) is 5.90. The van der Waals surface area contributed by atoms with Crippen molar-refractivity contribution >= 4 is 27.6 Å². The number of hydrogen-bond acceptors (Lipinski definition) is 2. The summed E-state index contributed by atoms with van der Waals surface area (Å²) in [4.78, 5) is 11.8. The van der Waals surface area contributed by atoms with Gasteiger partial charge in [0, 0.05) is 10.2 Å². The standard InChI is InChI=1S/C17H19BrN2O2/c1-12-6-7-15(10-13(12)2)20-17(21)19-8-9-22-16-5-3-4-14(18)11-16/h3-7,10-11H,8-9H2,1-2H3,(H2,19,20,21). The van der Waals surface area contributed by atoms with Crippen LogP contribution in [-0.4, -0.2) is 19.2 Å². The maximum Gasteiger partial charge on any atom is 0.319 e. The van der Waals surface area contributed by atoms with Crippen LogP contribution in [0.15, 0.2) is 46.9 Å². The highest BCUT2D eigenvalue weighted by Gasteiger charge is 2.02. The van der Waals surface area contributed by atoms with Crippen molar-refractivity contribution in [2.24, 2.45) is 0 Å². The molecule has 2 rings (SSSR count). The van der Waals surface area contributed by atoms with Gasteiger partial charge in [0.05, 0.1) is 6.54 Å². The number of urea groups is 1. The molecule has 0 aliphatic carbocycles. The van der Waals surface area contributed by atoms with E-state index in [0.717, 1.165) is 21.5 Å². The molecular weight excluding hydrogens is 344 g/mol. The van der Waals surface area contributed by atoms with Gasteiger partial charge < -0.3 is 15.4 Å². The van der Waals surface area contributed by atoms with Crippen LogP contribution in [0.2, 0.25) is 0 Å². The van der Waals surface area contributed by atoms with Crippen molar-refractivity contribution in [1.29, 1.82) is 0 Å². The van der Waals surface area contributed by atoms with Crippen molar-refractivity contribution in [2.45, 2.75) is 13.8 Å². The summed E-state index contributed by atoms with van der Waals surface area (Å²) in [6.45, 7) is 4.91. The third-order valence-corrected chi connectivity index (χ3v) is 3.71. The summed E-state index contributed by atoms with van der Waals surface area (Å²) < 4.78 is 6.51. The number of aryl methyl sites for hydroxylation is 2. The van der Waals surface area contributed by atoms with Gasteiger partial charge in [-0.1, -0.05) is 28.1 Å². The maximum atomic E-state index is 11.8. The van der Waals surface area contributed by atoms with Gasteiger partial charge in [-0.2, -0.15) is 0 Å². The molecule has 0 atom stereocenters. The fourth-order valence-electron chi connectivity index (χ4n) is 1.88. The SMILES string of the molecule is Cc1ccc(NC(=O)NCCOc2cccc(Br)c2)cc1C. The first kappa shape index (κ1) is 16.4. The number of carbonyl (C=O) groups is 1. The molecule has 2 aromatic carbocycles. The van der Waals surface area contributed by atoms with Gasteiger partial charge in [-0.05, 0) is 55.3 Å². The Hall–Kier alpha value is -2.01. The predicted octanol–water partition coefficient (Wildman–Crippen LogP) is 4.27. The zero-order valence-electron chi connectivity index (χ0n) is 12.7. The normalized spacial score (nSPS) is 10.1. The highest BCUT2D eigenvalue weighted by Crippen LogP contribution is 2.17. The number of amides is 2. The van der Waals surface area contributed by atoms with Gasteiger partial charge in [0.2, 0.25) is 0 Å². The Morgan fingerprint density at radius 3 is 2.68 bits per heavy atom. The highest BCUT2D eigenvalue weighted by molar-refractivity contribution is 9.10. The molecule has 0 aromatic heterocycles. The number of halogens is 1. The van der Waals surface area contributed by atoms with Crippen molar-refractivity contribution in [3.05, 3.63) is 58.1 Å². The highest BCUT2D eigenvalue weighted by atomic mass is 79.9. The third-order valence-electron chi connectivity index (χ3n) is 3.22. The Bertz CT molecular complexity index is 659. The minimum atomic E-state index is -0.235. The van der Waals surface area contributed by atoms with E-state index in [0.29, 0.717) is 13.2 Å². The molecule has 2 N–H and O–H groups in total. The minimum Gasteiger partial charge on any atom is -0.492 e. The van der Waals surface area contributed by atoms with E-state index in [4.69, 9.17) is 4.74 Å². The second kappa shape index (κ2) is 7.84. The molecule has 4 nitrogen and oxygen atoms in total. The van der Waals surface area contributed by atoms with Crippen molar-refractivity contribution in [3.63, 3.8) is 0 Å². The quantitative estimate of drug-likeness (QED) is 0.780.